The molecule has 0 atom stereocenters. The van der Waals surface area contributed by atoms with E-state index >= 15 is 0 Å². The van der Waals surface area contributed by atoms with Gasteiger partial charge in [-0.3, -0.25) is 14.6 Å². The molecule has 2 aliphatic rings. The number of amides is 1. The van der Waals surface area contributed by atoms with Gasteiger partial charge in [0.05, 0.1) is 18.5 Å². The maximum absolute atomic E-state index is 8.58. The van der Waals surface area contributed by atoms with E-state index in [1.165, 1.54) is 12.8 Å². The van der Waals surface area contributed by atoms with Crippen LogP contribution in [-0.2, 0) is 16.1 Å². The number of pyridine rings is 2. The van der Waals surface area contributed by atoms with Crippen LogP contribution in [0.1, 0.15) is 18.4 Å². The third kappa shape index (κ3) is 10.3. The molecule has 238 valence electrons. The van der Waals surface area contributed by atoms with Crippen LogP contribution in [0.15, 0.2) is 48.7 Å². The number of likely N-dealkylation sites (tertiary alicyclic amines) is 1. The number of anilines is 1. The predicted molar refractivity (Wildman–Crippen MR) is 177 cm³/mol. The number of nitrogens with one attached hydrogen (secondary N) is 1. The molecule has 2 fully saturated rings. The summed E-state index contributed by atoms with van der Waals surface area (Å²) >= 11 is 12.7. The molecule has 4 heterocycles. The topological polar surface area (TPSA) is 109 Å². The van der Waals surface area contributed by atoms with Crippen molar-refractivity contribution >= 4 is 35.4 Å². The number of hydrogen-bond donors (Lipinski definition) is 2. The van der Waals surface area contributed by atoms with Gasteiger partial charge in [0.2, 0.25) is 12.3 Å². The normalized spacial score (nSPS) is 16.3. The molecule has 2 aromatic heterocycles. The third-order valence-corrected chi connectivity index (χ3v) is 8.31. The molecule has 0 spiro atoms. The molecule has 12 heteroatoms. The van der Waals surface area contributed by atoms with Gasteiger partial charge in [0.1, 0.15) is 11.6 Å². The second-order valence-corrected chi connectivity index (χ2v) is 11.9. The van der Waals surface area contributed by atoms with Crippen LogP contribution < -0.4 is 20.7 Å². The first kappa shape index (κ1) is 33.9. The number of piperazine rings is 1. The first-order valence-electron chi connectivity index (χ1n) is 15.0. The molecule has 44 heavy (non-hydrogen) atoms. The maximum atomic E-state index is 8.58. The first-order valence-corrected chi connectivity index (χ1v) is 15.8. The van der Waals surface area contributed by atoms with Gasteiger partial charge in [0.15, 0.2) is 0 Å². The van der Waals surface area contributed by atoms with Gasteiger partial charge in [-0.2, -0.15) is 0 Å². The van der Waals surface area contributed by atoms with E-state index in [0.717, 1.165) is 94.1 Å². The van der Waals surface area contributed by atoms with Crippen molar-refractivity contribution in [3.63, 3.8) is 0 Å². The van der Waals surface area contributed by atoms with Crippen molar-refractivity contribution < 1.29 is 14.3 Å². The van der Waals surface area contributed by atoms with E-state index < -0.39 is 0 Å². The van der Waals surface area contributed by atoms with E-state index in [4.69, 9.17) is 47.4 Å². The highest BCUT2D eigenvalue weighted by atomic mass is 35.5. The number of benzene rings is 1. The van der Waals surface area contributed by atoms with E-state index in [0.29, 0.717) is 21.7 Å². The number of hydrogen-bond acceptors (Lipinski definition) is 9. The Kier molecular flexibility index (Phi) is 13.5. The summed E-state index contributed by atoms with van der Waals surface area (Å²) in [4.78, 5) is 25.4. The van der Waals surface area contributed by atoms with Crippen LogP contribution in [0.25, 0.3) is 11.3 Å². The second-order valence-electron chi connectivity index (χ2n) is 11.0. The molecule has 2 aliphatic heterocycles. The summed E-state index contributed by atoms with van der Waals surface area (Å²) in [6.07, 6.45) is 4.43. The summed E-state index contributed by atoms with van der Waals surface area (Å²) < 4.78 is 11.5. The number of carbonyl (C=O) groups is 1. The summed E-state index contributed by atoms with van der Waals surface area (Å²) in [5, 5.41) is 4.47. The molecule has 0 aliphatic carbocycles. The van der Waals surface area contributed by atoms with Crippen molar-refractivity contribution in [3.05, 3.63) is 64.3 Å². The number of methoxy groups -OCH3 is 1. The van der Waals surface area contributed by atoms with Gasteiger partial charge in [0.25, 0.3) is 0 Å². The molecule has 2 saturated heterocycles. The lowest BCUT2D eigenvalue weighted by Gasteiger charge is -2.35. The van der Waals surface area contributed by atoms with Crippen molar-refractivity contribution in [2.24, 2.45) is 11.7 Å². The van der Waals surface area contributed by atoms with E-state index in [1.54, 1.807) is 19.4 Å². The van der Waals surface area contributed by atoms with Gasteiger partial charge >= 0.3 is 0 Å². The minimum absolute atomic E-state index is 0.250. The van der Waals surface area contributed by atoms with Gasteiger partial charge in [-0.1, -0.05) is 23.2 Å². The fourth-order valence-electron chi connectivity index (χ4n) is 5.61. The Hall–Kier alpha value is -2.99. The van der Waals surface area contributed by atoms with E-state index in [9.17, 15) is 0 Å². The molecule has 1 aromatic carbocycles. The Bertz CT molecular complexity index is 1300. The van der Waals surface area contributed by atoms with Crippen LogP contribution in [-0.4, -0.2) is 99.3 Å². The summed E-state index contributed by atoms with van der Waals surface area (Å²) in [6, 6.07) is 13.6. The predicted octanol–water partition coefficient (Wildman–Crippen LogP) is 4.54. The van der Waals surface area contributed by atoms with Crippen LogP contribution in [0.4, 0.5) is 5.82 Å². The average Bonchev–Trinajstić information content (AvgIpc) is 3.02. The lowest BCUT2D eigenvalue weighted by atomic mass is 9.96. The molecule has 0 unspecified atom stereocenters. The summed E-state index contributed by atoms with van der Waals surface area (Å²) in [5.41, 5.74) is 6.95. The average molecular weight is 645 g/mol. The zero-order valence-corrected chi connectivity index (χ0v) is 27.1. The Morgan fingerprint density at radius 1 is 1.00 bits per heavy atom. The minimum atomic E-state index is 0.250. The maximum Gasteiger partial charge on any atom is 0.220 e. The van der Waals surface area contributed by atoms with Crippen molar-refractivity contribution in [3.8, 4) is 22.9 Å². The first-order chi connectivity index (χ1) is 21.4. The molecule has 1 amide bonds. The quantitative estimate of drug-likeness (QED) is 0.291. The Labute approximate surface area is 270 Å². The van der Waals surface area contributed by atoms with Crippen LogP contribution in [0.2, 0.25) is 10.0 Å². The van der Waals surface area contributed by atoms with Crippen LogP contribution >= 0.6 is 23.2 Å². The molecule has 5 rings (SSSR count). The highest BCUT2D eigenvalue weighted by Gasteiger charge is 2.20. The molecule has 0 saturated carbocycles. The summed E-state index contributed by atoms with van der Waals surface area (Å²) in [7, 11) is 3.78. The molecule has 0 radical (unpaired) electrons. The molecule has 3 N–H and O–H groups in total. The molecular formula is C32H43Cl2N7O3. The number of rotatable bonds is 11. The highest BCUT2D eigenvalue weighted by molar-refractivity contribution is 6.35. The summed E-state index contributed by atoms with van der Waals surface area (Å²) in [5.74, 6) is 2.88. The summed E-state index contributed by atoms with van der Waals surface area (Å²) in [6.45, 7) is 9.70. The molecular weight excluding hydrogens is 601 g/mol. The molecule has 10 nitrogen and oxygen atoms in total. The van der Waals surface area contributed by atoms with E-state index in [-0.39, 0.29) is 6.41 Å². The molecule has 0 bridgehead atoms. The van der Waals surface area contributed by atoms with Gasteiger partial charge in [-0.15, -0.1) is 0 Å². The Morgan fingerprint density at radius 2 is 1.70 bits per heavy atom. The number of nitrogens with zero attached hydrogens (tertiary/aromatic N) is 5. The van der Waals surface area contributed by atoms with Crippen molar-refractivity contribution in [2.75, 3.05) is 78.0 Å². The van der Waals surface area contributed by atoms with E-state index in [2.05, 4.69) is 31.8 Å². The number of carbonyl (C=O) groups excluding carboxylic acids is 1. The monoisotopic (exact) mass is 643 g/mol. The van der Waals surface area contributed by atoms with Crippen molar-refractivity contribution in [2.45, 2.75) is 19.4 Å². The number of nitrogens with two attached hydrogens (primary N) is 1. The fraction of sp³-hybridized carbons (Fsp3) is 0.469. The number of piperidine rings is 1. The lowest BCUT2D eigenvalue weighted by Crippen LogP contribution is -2.47. The van der Waals surface area contributed by atoms with Gasteiger partial charge < -0.3 is 25.4 Å². The Balaban J connectivity index is 0.00000141. The van der Waals surface area contributed by atoms with Gasteiger partial charge in [-0.25, -0.2) is 9.97 Å². The minimum Gasteiger partial charge on any atom is -0.437 e. The van der Waals surface area contributed by atoms with Crippen molar-refractivity contribution in [1.82, 2.24) is 25.1 Å². The number of ether oxygens (including phenoxy) is 2. The standard InChI is InChI=1S/C31H40Cl2N6O2.CH3NO/c1-34-20-23-5-7-38(8-6-23)22-24-15-29(25-17-26(32)19-27(33)18-25)36-31(16-24)41-28-3-4-30(35-21-28)39-11-9-37(10-12-39)13-14-40-2;2-1-3/h3-4,15-19,21,23,34H,5-14,20,22H2,1-2H3;1H,(H2,2,3). The lowest BCUT2D eigenvalue weighted by molar-refractivity contribution is -0.106. The molecule has 3 aromatic rings. The van der Waals surface area contributed by atoms with E-state index in [1.807, 2.05) is 37.4 Å². The number of aromatic nitrogens is 2. The number of primary amides is 1. The zero-order valence-electron chi connectivity index (χ0n) is 25.6. The van der Waals surface area contributed by atoms with Crippen molar-refractivity contribution in [1.29, 1.82) is 0 Å². The SMILES string of the molecule is CNCC1CCN(Cc2cc(Oc3ccc(N4CCN(CCOC)CC4)nc3)nc(-c3cc(Cl)cc(Cl)c3)c2)CC1.NC=O. The zero-order chi connectivity index (χ0) is 31.3. The van der Waals surface area contributed by atoms with Crippen LogP contribution in [0.5, 0.6) is 11.6 Å². The smallest absolute Gasteiger partial charge is 0.220 e. The largest absolute Gasteiger partial charge is 0.437 e. The van der Waals surface area contributed by atoms with Crippen LogP contribution in [0.3, 0.4) is 0 Å². The fourth-order valence-corrected chi connectivity index (χ4v) is 6.14. The van der Waals surface area contributed by atoms with Gasteiger partial charge in [0, 0.05) is 68.1 Å². The Morgan fingerprint density at radius 3 is 2.32 bits per heavy atom. The number of halogens is 2. The second kappa shape index (κ2) is 17.5. The third-order valence-electron chi connectivity index (χ3n) is 7.88. The van der Waals surface area contributed by atoms with Gasteiger partial charge in [-0.05, 0) is 87.4 Å². The highest BCUT2D eigenvalue weighted by Crippen LogP contribution is 2.31. The van der Waals surface area contributed by atoms with Crippen LogP contribution in [0, 0.1) is 5.92 Å².